The lowest BCUT2D eigenvalue weighted by atomic mass is 10.1. The quantitative estimate of drug-likeness (QED) is 0.348. The lowest BCUT2D eigenvalue weighted by Crippen LogP contribution is -2.35. The number of guanidine groups is 1. The van der Waals surface area contributed by atoms with Crippen molar-refractivity contribution in [3.63, 3.8) is 0 Å². The number of hydrogen-bond donors (Lipinski definition) is 2. The molecule has 1 aromatic heterocycles. The van der Waals surface area contributed by atoms with Crippen molar-refractivity contribution in [2.24, 2.45) is 5.73 Å². The van der Waals surface area contributed by atoms with Gasteiger partial charge in [-0.15, -0.1) is 0 Å². The first-order valence-corrected chi connectivity index (χ1v) is 10.3. The van der Waals surface area contributed by atoms with Crippen LogP contribution in [0.1, 0.15) is 51.0 Å². The van der Waals surface area contributed by atoms with Gasteiger partial charge in [-0.2, -0.15) is 4.98 Å². The summed E-state index contributed by atoms with van der Waals surface area (Å²) >= 11 is 0. The molecule has 1 atom stereocenters. The topological polar surface area (TPSA) is 101 Å². The molecule has 0 radical (unpaired) electrons. The summed E-state index contributed by atoms with van der Waals surface area (Å²) in [6, 6.07) is 12.1. The highest BCUT2D eigenvalue weighted by Crippen LogP contribution is 2.32. The maximum absolute atomic E-state index is 7.72. The van der Waals surface area contributed by atoms with Crippen LogP contribution in [0.3, 0.4) is 0 Å². The first kappa shape index (κ1) is 19.2. The third kappa shape index (κ3) is 4.18. The SMILES string of the molecule is CCCCCOc1ccc2cc(-c3noc(C4CCCN4C(=N)N)n3)ccc2c1. The molecule has 2 heterocycles. The van der Waals surface area contributed by atoms with Crippen LogP contribution in [0.4, 0.5) is 0 Å². The number of nitrogens with two attached hydrogens (primary N) is 1. The van der Waals surface area contributed by atoms with E-state index in [4.69, 9.17) is 20.4 Å². The molecule has 1 aliphatic rings. The Morgan fingerprint density at radius 1 is 1.24 bits per heavy atom. The van der Waals surface area contributed by atoms with E-state index in [9.17, 15) is 0 Å². The van der Waals surface area contributed by atoms with Gasteiger partial charge in [0.1, 0.15) is 11.8 Å². The lowest BCUT2D eigenvalue weighted by Gasteiger charge is -2.21. The predicted molar refractivity (Wildman–Crippen MR) is 113 cm³/mol. The van der Waals surface area contributed by atoms with E-state index in [1.807, 2.05) is 12.1 Å². The van der Waals surface area contributed by atoms with E-state index in [0.717, 1.165) is 54.5 Å². The van der Waals surface area contributed by atoms with Gasteiger partial charge in [0.15, 0.2) is 5.96 Å². The van der Waals surface area contributed by atoms with Crippen molar-refractivity contribution in [3.05, 3.63) is 42.3 Å². The van der Waals surface area contributed by atoms with Gasteiger partial charge in [-0.05, 0) is 48.2 Å². The third-order valence-corrected chi connectivity index (χ3v) is 5.38. The summed E-state index contributed by atoms with van der Waals surface area (Å²) in [5.74, 6) is 2.01. The second-order valence-corrected chi connectivity index (χ2v) is 7.47. The molecule has 152 valence electrons. The van der Waals surface area contributed by atoms with Crippen molar-refractivity contribution in [3.8, 4) is 17.1 Å². The van der Waals surface area contributed by atoms with E-state index < -0.39 is 0 Å². The van der Waals surface area contributed by atoms with E-state index in [-0.39, 0.29) is 12.0 Å². The van der Waals surface area contributed by atoms with Crippen LogP contribution in [-0.2, 0) is 0 Å². The van der Waals surface area contributed by atoms with Crippen molar-refractivity contribution in [1.29, 1.82) is 5.41 Å². The van der Waals surface area contributed by atoms with Crippen molar-refractivity contribution >= 4 is 16.7 Å². The van der Waals surface area contributed by atoms with Crippen molar-refractivity contribution in [2.75, 3.05) is 13.2 Å². The van der Waals surface area contributed by atoms with Crippen LogP contribution >= 0.6 is 0 Å². The number of nitrogens with zero attached hydrogens (tertiary/aromatic N) is 3. The Hall–Kier alpha value is -3.09. The molecule has 4 rings (SSSR count). The Labute approximate surface area is 170 Å². The predicted octanol–water partition coefficient (Wildman–Crippen LogP) is 4.49. The highest BCUT2D eigenvalue weighted by Gasteiger charge is 2.31. The molecular formula is C22H27N5O2. The Morgan fingerprint density at radius 2 is 2.07 bits per heavy atom. The fourth-order valence-corrected chi connectivity index (χ4v) is 3.79. The molecule has 1 unspecified atom stereocenters. The van der Waals surface area contributed by atoms with Crippen LogP contribution in [0.2, 0.25) is 0 Å². The minimum Gasteiger partial charge on any atom is -0.494 e. The highest BCUT2D eigenvalue weighted by molar-refractivity contribution is 5.87. The van der Waals surface area contributed by atoms with Crippen molar-refractivity contribution in [2.45, 2.75) is 45.1 Å². The molecule has 2 aromatic carbocycles. The number of fused-ring (bicyclic) bond motifs is 1. The molecule has 1 aliphatic heterocycles. The second-order valence-electron chi connectivity index (χ2n) is 7.47. The minimum atomic E-state index is -0.110. The zero-order chi connectivity index (χ0) is 20.2. The van der Waals surface area contributed by atoms with Crippen LogP contribution < -0.4 is 10.5 Å². The van der Waals surface area contributed by atoms with Crippen LogP contribution in [0.5, 0.6) is 5.75 Å². The Kier molecular flexibility index (Phi) is 5.64. The molecule has 3 N–H and O–H groups in total. The molecule has 3 aromatic rings. The van der Waals surface area contributed by atoms with Gasteiger partial charge in [0.2, 0.25) is 11.7 Å². The Balaban J connectivity index is 1.51. The van der Waals surface area contributed by atoms with Crippen LogP contribution in [0, 0.1) is 5.41 Å². The summed E-state index contributed by atoms with van der Waals surface area (Å²) in [7, 11) is 0. The van der Waals surface area contributed by atoms with E-state index in [1.165, 1.54) is 12.8 Å². The number of hydrogen-bond acceptors (Lipinski definition) is 5. The van der Waals surface area contributed by atoms with Gasteiger partial charge < -0.3 is 19.9 Å². The monoisotopic (exact) mass is 393 g/mol. The molecule has 7 heteroatoms. The van der Waals surface area contributed by atoms with Gasteiger partial charge in [-0.3, -0.25) is 5.41 Å². The van der Waals surface area contributed by atoms with Crippen LogP contribution in [0.15, 0.2) is 40.9 Å². The Morgan fingerprint density at radius 3 is 2.90 bits per heavy atom. The minimum absolute atomic E-state index is 0.0469. The zero-order valence-corrected chi connectivity index (χ0v) is 16.7. The third-order valence-electron chi connectivity index (χ3n) is 5.38. The molecule has 0 aliphatic carbocycles. The summed E-state index contributed by atoms with van der Waals surface area (Å²) in [4.78, 5) is 6.39. The van der Waals surface area contributed by atoms with Gasteiger partial charge in [-0.1, -0.05) is 43.1 Å². The number of likely N-dealkylation sites (tertiary alicyclic amines) is 1. The van der Waals surface area contributed by atoms with E-state index >= 15 is 0 Å². The lowest BCUT2D eigenvalue weighted by molar-refractivity contribution is 0.283. The maximum atomic E-state index is 7.72. The molecule has 0 spiro atoms. The molecular weight excluding hydrogens is 366 g/mol. The maximum Gasteiger partial charge on any atom is 0.249 e. The highest BCUT2D eigenvalue weighted by atomic mass is 16.5. The largest absolute Gasteiger partial charge is 0.494 e. The summed E-state index contributed by atoms with van der Waals surface area (Å²) in [6.07, 6.45) is 5.28. The van der Waals surface area contributed by atoms with Crippen LogP contribution in [0.25, 0.3) is 22.2 Å². The average molecular weight is 393 g/mol. The van der Waals surface area contributed by atoms with Gasteiger partial charge in [0.25, 0.3) is 0 Å². The number of unbranched alkanes of at least 4 members (excludes halogenated alkanes) is 2. The van der Waals surface area contributed by atoms with Gasteiger partial charge in [0.05, 0.1) is 6.61 Å². The summed E-state index contributed by atoms with van der Waals surface area (Å²) < 4.78 is 11.4. The van der Waals surface area contributed by atoms with Crippen LogP contribution in [-0.4, -0.2) is 34.2 Å². The number of aromatic nitrogens is 2. The molecule has 29 heavy (non-hydrogen) atoms. The average Bonchev–Trinajstić information content (AvgIpc) is 3.40. The Bertz CT molecular complexity index is 1000. The second kappa shape index (κ2) is 8.51. The van der Waals surface area contributed by atoms with Crippen molar-refractivity contribution < 1.29 is 9.26 Å². The van der Waals surface area contributed by atoms with Crippen molar-refractivity contribution in [1.82, 2.24) is 15.0 Å². The normalized spacial score (nSPS) is 16.4. The van der Waals surface area contributed by atoms with E-state index in [0.29, 0.717) is 11.7 Å². The standard InChI is InChI=1S/C22H27N5O2/c1-2-3-4-12-28-18-10-9-15-13-17(8-7-16(15)14-18)20-25-21(29-26-20)19-6-5-11-27(19)22(23)24/h7-10,13-14,19H,2-6,11-12H2,1H3,(H3,23,24). The molecule has 0 bridgehead atoms. The first-order chi connectivity index (χ1) is 14.2. The molecule has 1 fully saturated rings. The first-order valence-electron chi connectivity index (χ1n) is 10.3. The summed E-state index contributed by atoms with van der Waals surface area (Å²) in [6.45, 7) is 3.69. The molecule has 0 saturated carbocycles. The van der Waals surface area contributed by atoms with Gasteiger partial charge in [0, 0.05) is 12.1 Å². The fourth-order valence-electron chi connectivity index (χ4n) is 3.79. The summed E-state index contributed by atoms with van der Waals surface area (Å²) in [5, 5.41) is 14.1. The molecule has 7 nitrogen and oxygen atoms in total. The molecule has 1 saturated heterocycles. The molecule has 0 amide bonds. The number of ether oxygens (including phenoxy) is 1. The van der Waals surface area contributed by atoms with Gasteiger partial charge in [-0.25, -0.2) is 0 Å². The summed E-state index contributed by atoms with van der Waals surface area (Å²) in [5.41, 5.74) is 6.57. The smallest absolute Gasteiger partial charge is 0.249 e. The number of nitrogens with one attached hydrogen (secondary N) is 1. The fraction of sp³-hybridized carbons (Fsp3) is 0.409. The van der Waals surface area contributed by atoms with Gasteiger partial charge >= 0.3 is 0 Å². The van der Waals surface area contributed by atoms with E-state index in [1.54, 1.807) is 4.90 Å². The zero-order valence-electron chi connectivity index (χ0n) is 16.7. The number of benzene rings is 2. The van der Waals surface area contributed by atoms with E-state index in [2.05, 4.69) is 41.3 Å². The number of rotatable bonds is 7.